The van der Waals surface area contributed by atoms with Crippen molar-refractivity contribution in [3.8, 4) is 0 Å². The highest BCUT2D eigenvalue weighted by Crippen LogP contribution is 2.15. The summed E-state index contributed by atoms with van der Waals surface area (Å²) in [6, 6.07) is 10.2. The van der Waals surface area contributed by atoms with Gasteiger partial charge in [-0.1, -0.05) is 42.5 Å². The number of hydrazone groups is 1. The van der Waals surface area contributed by atoms with Gasteiger partial charge in [0.2, 0.25) is 0 Å². The average molecular weight is 273 g/mol. The van der Waals surface area contributed by atoms with Crippen LogP contribution in [0.5, 0.6) is 0 Å². The van der Waals surface area contributed by atoms with Crippen LogP contribution in [0.3, 0.4) is 0 Å². The molecular formula is C15H19N3S. The van der Waals surface area contributed by atoms with Crippen LogP contribution in [-0.4, -0.2) is 11.3 Å². The number of allylic oxidation sites excluding steroid dienone is 2. The van der Waals surface area contributed by atoms with Crippen LogP contribution in [0.25, 0.3) is 0 Å². The normalized spacial score (nSPS) is 18.4. The van der Waals surface area contributed by atoms with E-state index in [1.54, 1.807) is 0 Å². The SMILES string of the molecule is S=C(NCc1ccccc1)N/N=C\[C@H]1CC=CCC1. The van der Waals surface area contributed by atoms with E-state index in [1.807, 2.05) is 24.4 Å². The van der Waals surface area contributed by atoms with Crippen LogP contribution in [0.1, 0.15) is 24.8 Å². The second kappa shape index (κ2) is 7.69. The zero-order valence-electron chi connectivity index (χ0n) is 10.9. The van der Waals surface area contributed by atoms with Crippen LogP contribution in [0, 0.1) is 5.92 Å². The van der Waals surface area contributed by atoms with Crippen LogP contribution >= 0.6 is 12.2 Å². The van der Waals surface area contributed by atoms with Gasteiger partial charge in [-0.25, -0.2) is 0 Å². The molecule has 4 heteroatoms. The van der Waals surface area contributed by atoms with Gasteiger partial charge in [-0.3, -0.25) is 5.43 Å². The Balaban J connectivity index is 1.67. The molecule has 1 atom stereocenters. The molecule has 100 valence electrons. The summed E-state index contributed by atoms with van der Waals surface area (Å²) >= 11 is 5.17. The topological polar surface area (TPSA) is 36.4 Å². The molecule has 0 aromatic heterocycles. The summed E-state index contributed by atoms with van der Waals surface area (Å²) in [5.74, 6) is 0.537. The number of hydrogen-bond donors (Lipinski definition) is 2. The molecule has 2 rings (SSSR count). The van der Waals surface area contributed by atoms with Crippen molar-refractivity contribution in [2.45, 2.75) is 25.8 Å². The third-order valence-corrected chi connectivity index (χ3v) is 3.29. The Morgan fingerprint density at radius 3 is 2.89 bits per heavy atom. The zero-order valence-corrected chi connectivity index (χ0v) is 11.7. The van der Waals surface area contributed by atoms with Gasteiger partial charge >= 0.3 is 0 Å². The Morgan fingerprint density at radius 1 is 1.32 bits per heavy atom. The Morgan fingerprint density at radius 2 is 2.16 bits per heavy atom. The van der Waals surface area contributed by atoms with Gasteiger partial charge in [-0.15, -0.1) is 0 Å². The van der Waals surface area contributed by atoms with Crippen molar-refractivity contribution in [3.63, 3.8) is 0 Å². The van der Waals surface area contributed by atoms with E-state index >= 15 is 0 Å². The molecule has 0 amide bonds. The summed E-state index contributed by atoms with van der Waals surface area (Å²) in [6.45, 7) is 0.717. The Labute approximate surface area is 119 Å². The van der Waals surface area contributed by atoms with Crippen LogP contribution < -0.4 is 10.7 Å². The van der Waals surface area contributed by atoms with Gasteiger partial charge in [-0.05, 0) is 43.0 Å². The zero-order chi connectivity index (χ0) is 13.3. The molecular weight excluding hydrogens is 254 g/mol. The minimum absolute atomic E-state index is 0.537. The molecule has 1 aliphatic carbocycles. The van der Waals surface area contributed by atoms with Gasteiger partial charge in [0, 0.05) is 12.8 Å². The smallest absolute Gasteiger partial charge is 0.187 e. The molecule has 0 aliphatic heterocycles. The highest BCUT2D eigenvalue weighted by atomic mass is 32.1. The fourth-order valence-electron chi connectivity index (χ4n) is 1.97. The fourth-order valence-corrected chi connectivity index (χ4v) is 2.10. The molecule has 0 radical (unpaired) electrons. The quantitative estimate of drug-likeness (QED) is 0.383. The van der Waals surface area contributed by atoms with Crippen molar-refractivity contribution >= 4 is 23.5 Å². The van der Waals surface area contributed by atoms with E-state index in [4.69, 9.17) is 12.2 Å². The lowest BCUT2D eigenvalue weighted by Crippen LogP contribution is -2.31. The minimum Gasteiger partial charge on any atom is -0.357 e. The van der Waals surface area contributed by atoms with Crippen LogP contribution in [-0.2, 0) is 6.54 Å². The van der Waals surface area contributed by atoms with E-state index < -0.39 is 0 Å². The standard InChI is InChI=1S/C15H19N3S/c19-15(16-11-13-7-3-1-4-8-13)18-17-12-14-9-5-2-6-10-14/h1-5,7-8,12,14H,6,9-11H2,(H2,16,18,19)/b17-12-/t14-/m0/s1. The van der Waals surface area contributed by atoms with Crippen molar-refractivity contribution in [1.82, 2.24) is 10.7 Å². The number of nitrogens with zero attached hydrogens (tertiary/aromatic N) is 1. The largest absolute Gasteiger partial charge is 0.357 e. The molecule has 0 unspecified atom stereocenters. The molecule has 0 spiro atoms. The highest BCUT2D eigenvalue weighted by Gasteiger charge is 2.06. The first-order valence-electron chi connectivity index (χ1n) is 6.60. The van der Waals surface area contributed by atoms with E-state index in [-0.39, 0.29) is 0 Å². The molecule has 3 nitrogen and oxygen atoms in total. The molecule has 19 heavy (non-hydrogen) atoms. The number of benzene rings is 1. The molecule has 0 bridgehead atoms. The molecule has 0 saturated carbocycles. The summed E-state index contributed by atoms with van der Waals surface area (Å²) in [5, 5.41) is 7.89. The third-order valence-electron chi connectivity index (χ3n) is 3.06. The van der Waals surface area contributed by atoms with Crippen molar-refractivity contribution in [2.75, 3.05) is 0 Å². The van der Waals surface area contributed by atoms with Gasteiger partial charge in [0.15, 0.2) is 5.11 Å². The lowest BCUT2D eigenvalue weighted by atomic mass is 9.96. The van der Waals surface area contributed by atoms with E-state index in [1.165, 1.54) is 12.0 Å². The number of nitrogens with one attached hydrogen (secondary N) is 2. The van der Waals surface area contributed by atoms with Gasteiger partial charge in [0.1, 0.15) is 0 Å². The molecule has 2 N–H and O–H groups in total. The van der Waals surface area contributed by atoms with E-state index in [0.717, 1.165) is 12.8 Å². The molecule has 1 aliphatic rings. The van der Waals surface area contributed by atoms with E-state index in [0.29, 0.717) is 17.6 Å². The third kappa shape index (κ3) is 5.22. The predicted octanol–water partition coefficient (Wildman–Crippen LogP) is 2.99. The summed E-state index contributed by atoms with van der Waals surface area (Å²) in [7, 11) is 0. The van der Waals surface area contributed by atoms with Gasteiger partial charge in [0.25, 0.3) is 0 Å². The average Bonchev–Trinajstić information content (AvgIpc) is 2.47. The second-order valence-electron chi connectivity index (χ2n) is 4.60. The molecule has 0 fully saturated rings. The van der Waals surface area contributed by atoms with E-state index in [9.17, 15) is 0 Å². The van der Waals surface area contributed by atoms with Crippen LogP contribution in [0.4, 0.5) is 0 Å². The highest BCUT2D eigenvalue weighted by molar-refractivity contribution is 7.80. The first-order chi connectivity index (χ1) is 9.34. The van der Waals surface area contributed by atoms with Crippen molar-refractivity contribution in [1.29, 1.82) is 0 Å². The first-order valence-corrected chi connectivity index (χ1v) is 7.01. The number of rotatable bonds is 4. The van der Waals surface area contributed by atoms with Crippen molar-refractivity contribution in [3.05, 3.63) is 48.0 Å². The van der Waals surface area contributed by atoms with Crippen molar-refractivity contribution in [2.24, 2.45) is 11.0 Å². The first kappa shape index (κ1) is 13.7. The monoisotopic (exact) mass is 273 g/mol. The molecule has 0 heterocycles. The maximum Gasteiger partial charge on any atom is 0.187 e. The van der Waals surface area contributed by atoms with Gasteiger partial charge in [0.05, 0.1) is 0 Å². The maximum atomic E-state index is 5.17. The predicted molar refractivity (Wildman–Crippen MR) is 84.0 cm³/mol. The fraction of sp³-hybridized carbons (Fsp3) is 0.333. The van der Waals surface area contributed by atoms with Crippen LogP contribution in [0.15, 0.2) is 47.6 Å². The molecule has 1 aromatic rings. The minimum atomic E-state index is 0.537. The second-order valence-corrected chi connectivity index (χ2v) is 5.01. The Hall–Kier alpha value is -1.68. The lowest BCUT2D eigenvalue weighted by molar-refractivity contribution is 0.624. The van der Waals surface area contributed by atoms with Gasteiger partial charge < -0.3 is 5.32 Å². The Kier molecular flexibility index (Phi) is 5.56. The number of thiocarbonyl (C=S) groups is 1. The summed E-state index contributed by atoms with van der Waals surface area (Å²) in [6.07, 6.45) is 9.80. The van der Waals surface area contributed by atoms with Gasteiger partial charge in [-0.2, -0.15) is 5.10 Å². The molecule has 0 saturated heterocycles. The lowest BCUT2D eigenvalue weighted by Gasteiger charge is -2.12. The number of hydrogen-bond acceptors (Lipinski definition) is 2. The molecule has 1 aromatic carbocycles. The maximum absolute atomic E-state index is 5.17. The van der Waals surface area contributed by atoms with Crippen molar-refractivity contribution < 1.29 is 0 Å². The Bertz CT molecular complexity index is 454. The van der Waals surface area contributed by atoms with Crippen LogP contribution in [0.2, 0.25) is 0 Å². The summed E-state index contributed by atoms with van der Waals surface area (Å²) < 4.78 is 0. The summed E-state index contributed by atoms with van der Waals surface area (Å²) in [4.78, 5) is 0. The summed E-state index contributed by atoms with van der Waals surface area (Å²) in [5.41, 5.74) is 4.07. The van der Waals surface area contributed by atoms with E-state index in [2.05, 4.69) is 40.1 Å².